The molecule has 0 aliphatic rings. The van der Waals surface area contributed by atoms with Crippen LogP contribution in [0.5, 0.6) is 0 Å². The molecule has 2 heterocycles. The van der Waals surface area contributed by atoms with Crippen molar-refractivity contribution in [1.82, 2.24) is 25.3 Å². The maximum Gasteiger partial charge on any atom is 0.252 e. The van der Waals surface area contributed by atoms with Gasteiger partial charge in [-0.1, -0.05) is 29.5 Å². The number of carbonyl (C=O) groups excluding carboxylic acids is 1. The van der Waals surface area contributed by atoms with Gasteiger partial charge in [0.25, 0.3) is 5.91 Å². The number of carbonyl (C=O) groups is 1. The second kappa shape index (κ2) is 7.96. The molecule has 2 aromatic heterocycles. The Morgan fingerprint density at radius 2 is 1.96 bits per heavy atom. The molecule has 0 bridgehead atoms. The Kier molecular flexibility index (Phi) is 5.05. The molecule has 4 aromatic rings. The number of pyridine rings is 1. The lowest BCUT2D eigenvalue weighted by atomic mass is 10.1. The molecule has 28 heavy (non-hydrogen) atoms. The van der Waals surface area contributed by atoms with Gasteiger partial charge in [0.05, 0.1) is 16.8 Å². The first-order chi connectivity index (χ1) is 13.7. The van der Waals surface area contributed by atoms with Crippen LogP contribution in [0.1, 0.15) is 16.8 Å². The van der Waals surface area contributed by atoms with Crippen LogP contribution in [-0.4, -0.2) is 32.4 Å². The number of para-hydroxylation sites is 1. The van der Waals surface area contributed by atoms with Gasteiger partial charge in [-0.25, -0.2) is 9.07 Å². The quantitative estimate of drug-likeness (QED) is 0.524. The summed E-state index contributed by atoms with van der Waals surface area (Å²) < 4.78 is 15.1. The molecule has 2 aromatic carbocycles. The lowest BCUT2D eigenvalue weighted by Crippen LogP contribution is -2.25. The Balaban J connectivity index is 1.31. The maximum absolute atomic E-state index is 13.3. The van der Waals surface area contributed by atoms with Crippen molar-refractivity contribution in [2.45, 2.75) is 13.0 Å². The molecule has 6 nitrogen and oxygen atoms in total. The molecule has 0 radical (unpaired) electrons. The minimum atomic E-state index is -0.318. The number of fused-ring (bicyclic) bond motifs is 1. The van der Waals surface area contributed by atoms with E-state index in [1.165, 1.54) is 18.3 Å². The zero-order chi connectivity index (χ0) is 19.3. The topological polar surface area (TPSA) is 72.7 Å². The van der Waals surface area contributed by atoms with Gasteiger partial charge >= 0.3 is 0 Å². The van der Waals surface area contributed by atoms with Crippen LogP contribution in [0.2, 0.25) is 0 Å². The third kappa shape index (κ3) is 3.88. The normalized spacial score (nSPS) is 10.9. The van der Waals surface area contributed by atoms with Crippen LogP contribution < -0.4 is 5.32 Å². The van der Waals surface area contributed by atoms with Crippen molar-refractivity contribution in [3.63, 3.8) is 0 Å². The smallest absolute Gasteiger partial charge is 0.252 e. The molecule has 0 spiro atoms. The second-order valence-corrected chi connectivity index (χ2v) is 6.35. The van der Waals surface area contributed by atoms with Gasteiger partial charge in [0.1, 0.15) is 11.3 Å². The van der Waals surface area contributed by atoms with Gasteiger partial charge < -0.3 is 5.32 Å². The van der Waals surface area contributed by atoms with Crippen molar-refractivity contribution in [2.24, 2.45) is 0 Å². The number of nitrogens with one attached hydrogen (secondary N) is 1. The van der Waals surface area contributed by atoms with E-state index in [0.29, 0.717) is 29.9 Å². The van der Waals surface area contributed by atoms with Gasteiger partial charge in [0, 0.05) is 24.8 Å². The minimum Gasteiger partial charge on any atom is -0.352 e. The number of halogens is 1. The number of benzene rings is 2. The highest BCUT2D eigenvalue weighted by Gasteiger charge is 2.08. The number of aryl methyl sites for hydroxylation is 1. The first kappa shape index (κ1) is 17.8. The Morgan fingerprint density at radius 3 is 2.79 bits per heavy atom. The van der Waals surface area contributed by atoms with E-state index < -0.39 is 0 Å². The largest absolute Gasteiger partial charge is 0.352 e. The van der Waals surface area contributed by atoms with Crippen molar-refractivity contribution >= 4 is 16.9 Å². The van der Waals surface area contributed by atoms with Gasteiger partial charge in [-0.15, -0.1) is 5.10 Å². The van der Waals surface area contributed by atoms with E-state index in [0.717, 1.165) is 17.5 Å². The third-order valence-corrected chi connectivity index (χ3v) is 4.40. The third-order valence-electron chi connectivity index (χ3n) is 4.40. The minimum absolute atomic E-state index is 0.193. The van der Waals surface area contributed by atoms with Crippen LogP contribution in [0.25, 0.3) is 22.3 Å². The molecule has 0 atom stereocenters. The molecule has 1 N–H and O–H groups in total. The maximum atomic E-state index is 13.3. The molecule has 0 saturated carbocycles. The number of amides is 1. The zero-order valence-electron chi connectivity index (χ0n) is 15.0. The fourth-order valence-corrected chi connectivity index (χ4v) is 2.96. The molecular formula is C21H18FN5O. The monoisotopic (exact) mass is 375 g/mol. The van der Waals surface area contributed by atoms with E-state index in [2.05, 4.69) is 20.6 Å². The number of nitrogens with zero attached hydrogens (tertiary/aromatic N) is 4. The van der Waals surface area contributed by atoms with Crippen molar-refractivity contribution in [3.05, 3.63) is 78.2 Å². The molecular weight excluding hydrogens is 357 g/mol. The van der Waals surface area contributed by atoms with Crippen LogP contribution in [0.4, 0.5) is 4.39 Å². The van der Waals surface area contributed by atoms with Crippen molar-refractivity contribution in [2.75, 3.05) is 6.54 Å². The first-order valence-corrected chi connectivity index (χ1v) is 8.99. The Labute approximate surface area is 161 Å². The predicted octanol–water partition coefficient (Wildman–Crippen LogP) is 3.45. The molecule has 1 amide bonds. The highest BCUT2D eigenvalue weighted by atomic mass is 19.1. The van der Waals surface area contributed by atoms with E-state index in [4.69, 9.17) is 0 Å². The Hall–Kier alpha value is -3.61. The van der Waals surface area contributed by atoms with Crippen LogP contribution in [0.15, 0.2) is 66.9 Å². The van der Waals surface area contributed by atoms with Crippen LogP contribution in [0.3, 0.4) is 0 Å². The fraction of sp³-hybridized carbons (Fsp3) is 0.143. The summed E-state index contributed by atoms with van der Waals surface area (Å²) in [6.45, 7) is 1.18. The Bertz CT molecular complexity index is 1110. The van der Waals surface area contributed by atoms with Gasteiger partial charge in [0.2, 0.25) is 0 Å². The number of hydrogen-bond acceptors (Lipinski definition) is 4. The molecule has 0 saturated heterocycles. The second-order valence-electron chi connectivity index (χ2n) is 6.35. The summed E-state index contributed by atoms with van der Waals surface area (Å²) in [5, 5.41) is 11.1. The van der Waals surface area contributed by atoms with E-state index in [1.807, 2.05) is 28.9 Å². The predicted molar refractivity (Wildman–Crippen MR) is 104 cm³/mol. The highest BCUT2D eigenvalue weighted by molar-refractivity contribution is 5.94. The summed E-state index contributed by atoms with van der Waals surface area (Å²) in [5.74, 6) is -0.511. The molecule has 7 heteroatoms. The average molecular weight is 375 g/mol. The van der Waals surface area contributed by atoms with Gasteiger partial charge in [0.15, 0.2) is 0 Å². The zero-order valence-corrected chi connectivity index (χ0v) is 15.0. The van der Waals surface area contributed by atoms with E-state index in [1.54, 1.807) is 24.3 Å². The average Bonchev–Trinajstić information content (AvgIpc) is 3.14. The molecule has 0 fully saturated rings. The van der Waals surface area contributed by atoms with Crippen molar-refractivity contribution in [1.29, 1.82) is 0 Å². The highest BCUT2D eigenvalue weighted by Crippen LogP contribution is 2.18. The van der Waals surface area contributed by atoms with E-state index in [9.17, 15) is 9.18 Å². The first-order valence-electron chi connectivity index (χ1n) is 8.99. The molecule has 0 aliphatic heterocycles. The van der Waals surface area contributed by atoms with Gasteiger partial charge in [-0.05, 0) is 42.8 Å². The number of aromatic nitrogens is 4. The molecule has 140 valence electrons. The fourth-order valence-electron chi connectivity index (χ4n) is 2.96. The SMILES string of the molecule is O=C(NCCCn1nnc2ccccc21)c1ccc(-c2cccc(F)c2)nc1. The summed E-state index contributed by atoms with van der Waals surface area (Å²) in [5.41, 5.74) is 3.59. The van der Waals surface area contributed by atoms with Crippen molar-refractivity contribution in [3.8, 4) is 11.3 Å². The lowest BCUT2D eigenvalue weighted by Gasteiger charge is -2.07. The summed E-state index contributed by atoms with van der Waals surface area (Å²) in [4.78, 5) is 16.5. The van der Waals surface area contributed by atoms with E-state index in [-0.39, 0.29) is 11.7 Å². The van der Waals surface area contributed by atoms with E-state index >= 15 is 0 Å². The van der Waals surface area contributed by atoms with Crippen LogP contribution in [-0.2, 0) is 6.54 Å². The standard InChI is InChI=1S/C21H18FN5O/c22-17-6-3-5-15(13-17)18-10-9-16(14-24-18)21(28)23-11-4-12-27-20-8-2-1-7-19(20)25-26-27/h1-3,5-10,13-14H,4,11-12H2,(H,23,28). The summed E-state index contributed by atoms with van der Waals surface area (Å²) in [6, 6.07) is 17.4. The van der Waals surface area contributed by atoms with Crippen LogP contribution >= 0.6 is 0 Å². The summed E-state index contributed by atoms with van der Waals surface area (Å²) in [6.07, 6.45) is 2.23. The Morgan fingerprint density at radius 1 is 1.07 bits per heavy atom. The number of rotatable bonds is 6. The molecule has 4 rings (SSSR count). The van der Waals surface area contributed by atoms with Gasteiger partial charge in [-0.2, -0.15) is 0 Å². The molecule has 0 unspecified atom stereocenters. The summed E-state index contributed by atoms with van der Waals surface area (Å²) in [7, 11) is 0. The van der Waals surface area contributed by atoms with Crippen molar-refractivity contribution < 1.29 is 9.18 Å². The number of hydrogen-bond donors (Lipinski definition) is 1. The summed E-state index contributed by atoms with van der Waals surface area (Å²) >= 11 is 0. The van der Waals surface area contributed by atoms with Gasteiger partial charge in [-0.3, -0.25) is 9.78 Å². The van der Waals surface area contributed by atoms with Crippen LogP contribution in [0, 0.1) is 5.82 Å². The molecule has 0 aliphatic carbocycles. The lowest BCUT2D eigenvalue weighted by molar-refractivity contribution is 0.0952.